The van der Waals surface area contributed by atoms with E-state index in [1.54, 1.807) is 22.2 Å². The second-order valence-electron chi connectivity index (χ2n) is 3.26. The van der Waals surface area contributed by atoms with Crippen molar-refractivity contribution in [3.05, 3.63) is 40.3 Å². The van der Waals surface area contributed by atoms with Crippen LogP contribution < -0.4 is 0 Å². The Morgan fingerprint density at radius 1 is 1.64 bits per heavy atom. The maximum atomic E-state index is 9.85. The van der Waals surface area contributed by atoms with E-state index in [1.165, 1.54) is 0 Å². The first kappa shape index (κ1) is 9.43. The average Bonchev–Trinajstić information content (AvgIpc) is 2.75. The smallest absolute Gasteiger partial charge is 0.0923 e. The van der Waals surface area contributed by atoms with Gasteiger partial charge in [0.2, 0.25) is 0 Å². The van der Waals surface area contributed by atoms with Crippen LogP contribution in [0.2, 0.25) is 0 Å². The first-order valence-corrected chi connectivity index (χ1v) is 5.32. The number of hydrogen-bond acceptors (Lipinski definition) is 3. The number of rotatable bonds is 3. The van der Waals surface area contributed by atoms with Crippen LogP contribution in [0.4, 0.5) is 0 Å². The zero-order valence-electron chi connectivity index (χ0n) is 7.92. The van der Waals surface area contributed by atoms with Crippen molar-refractivity contribution in [2.45, 2.75) is 12.5 Å². The van der Waals surface area contributed by atoms with Gasteiger partial charge in [-0.3, -0.25) is 4.68 Å². The van der Waals surface area contributed by atoms with Crippen molar-refractivity contribution in [3.8, 4) is 0 Å². The van der Waals surface area contributed by atoms with Gasteiger partial charge < -0.3 is 5.11 Å². The van der Waals surface area contributed by atoms with Gasteiger partial charge in [0.05, 0.1) is 12.3 Å². The normalized spacial score (nSPS) is 13.0. The molecule has 2 aromatic heterocycles. The SMILES string of the molecule is Cn1cc(CC(O)c2cccs2)cn1. The second kappa shape index (κ2) is 3.94. The molecule has 3 nitrogen and oxygen atoms in total. The molecule has 0 aliphatic rings. The van der Waals surface area contributed by atoms with E-state index in [4.69, 9.17) is 0 Å². The third-order valence-corrected chi connectivity index (χ3v) is 3.03. The van der Waals surface area contributed by atoms with Crippen LogP contribution in [-0.4, -0.2) is 14.9 Å². The number of aryl methyl sites for hydroxylation is 1. The predicted octanol–water partition coefficient (Wildman–Crippen LogP) is 1.76. The van der Waals surface area contributed by atoms with Crippen LogP contribution in [0.3, 0.4) is 0 Å². The topological polar surface area (TPSA) is 38.0 Å². The molecule has 0 aliphatic carbocycles. The lowest BCUT2D eigenvalue weighted by Gasteiger charge is -2.05. The average molecular weight is 208 g/mol. The second-order valence-corrected chi connectivity index (χ2v) is 4.24. The highest BCUT2D eigenvalue weighted by Gasteiger charge is 2.10. The van der Waals surface area contributed by atoms with Gasteiger partial charge >= 0.3 is 0 Å². The number of hydrogen-bond donors (Lipinski definition) is 1. The summed E-state index contributed by atoms with van der Waals surface area (Å²) in [4.78, 5) is 1.01. The van der Waals surface area contributed by atoms with Crippen molar-refractivity contribution in [3.63, 3.8) is 0 Å². The molecule has 0 fully saturated rings. The maximum absolute atomic E-state index is 9.85. The molecule has 0 saturated heterocycles. The summed E-state index contributed by atoms with van der Waals surface area (Å²) in [6.45, 7) is 0. The van der Waals surface area contributed by atoms with Crippen LogP contribution >= 0.6 is 11.3 Å². The Balaban J connectivity index is 2.05. The van der Waals surface area contributed by atoms with Crippen molar-refractivity contribution in [2.75, 3.05) is 0 Å². The summed E-state index contributed by atoms with van der Waals surface area (Å²) in [7, 11) is 1.88. The predicted molar refractivity (Wildman–Crippen MR) is 56.2 cm³/mol. The van der Waals surface area contributed by atoms with E-state index >= 15 is 0 Å². The number of nitrogens with zero attached hydrogens (tertiary/aromatic N) is 2. The molecule has 1 unspecified atom stereocenters. The quantitative estimate of drug-likeness (QED) is 0.834. The molecular weight excluding hydrogens is 196 g/mol. The van der Waals surface area contributed by atoms with E-state index in [0.29, 0.717) is 6.42 Å². The summed E-state index contributed by atoms with van der Waals surface area (Å²) in [5.74, 6) is 0. The minimum atomic E-state index is -0.404. The molecule has 74 valence electrons. The third-order valence-electron chi connectivity index (χ3n) is 2.06. The van der Waals surface area contributed by atoms with Gasteiger partial charge in [0.25, 0.3) is 0 Å². The Kier molecular flexibility index (Phi) is 2.65. The summed E-state index contributed by atoms with van der Waals surface area (Å²) >= 11 is 1.58. The van der Waals surface area contributed by atoms with Gasteiger partial charge in [-0.15, -0.1) is 11.3 Å². The van der Waals surface area contributed by atoms with Gasteiger partial charge in [0.1, 0.15) is 0 Å². The number of thiophene rings is 1. The van der Waals surface area contributed by atoms with Gasteiger partial charge in [-0.2, -0.15) is 5.10 Å². The minimum Gasteiger partial charge on any atom is -0.387 e. The lowest BCUT2D eigenvalue weighted by Crippen LogP contribution is -1.98. The van der Waals surface area contributed by atoms with E-state index in [2.05, 4.69) is 5.10 Å². The first-order valence-electron chi connectivity index (χ1n) is 4.44. The highest BCUT2D eigenvalue weighted by atomic mass is 32.1. The van der Waals surface area contributed by atoms with Crippen molar-refractivity contribution in [1.29, 1.82) is 0 Å². The van der Waals surface area contributed by atoms with Gasteiger partial charge in [-0.05, 0) is 17.0 Å². The molecule has 0 amide bonds. The van der Waals surface area contributed by atoms with Crippen LogP contribution in [0.25, 0.3) is 0 Å². The van der Waals surface area contributed by atoms with Crippen molar-refractivity contribution in [1.82, 2.24) is 9.78 Å². The van der Waals surface area contributed by atoms with Crippen LogP contribution in [0, 0.1) is 0 Å². The number of aromatic nitrogens is 2. The van der Waals surface area contributed by atoms with Crippen LogP contribution in [0.15, 0.2) is 29.9 Å². The number of aliphatic hydroxyl groups excluding tert-OH is 1. The van der Waals surface area contributed by atoms with Gasteiger partial charge in [0.15, 0.2) is 0 Å². The van der Waals surface area contributed by atoms with Crippen molar-refractivity contribution < 1.29 is 5.11 Å². The minimum absolute atomic E-state index is 0.404. The zero-order valence-corrected chi connectivity index (χ0v) is 8.74. The zero-order chi connectivity index (χ0) is 9.97. The molecule has 0 saturated carbocycles. The van der Waals surface area contributed by atoms with E-state index in [-0.39, 0.29) is 0 Å². The molecule has 0 bridgehead atoms. The molecule has 1 N–H and O–H groups in total. The fourth-order valence-corrected chi connectivity index (χ4v) is 2.09. The Hall–Kier alpha value is -1.13. The fourth-order valence-electron chi connectivity index (χ4n) is 1.38. The molecule has 2 heterocycles. The Labute approximate surface area is 86.6 Å². The Bertz CT molecular complexity index is 394. The molecule has 0 spiro atoms. The van der Waals surface area contributed by atoms with Crippen LogP contribution in [0.5, 0.6) is 0 Å². The summed E-state index contributed by atoms with van der Waals surface area (Å²) in [5.41, 5.74) is 1.06. The number of aliphatic hydroxyl groups is 1. The van der Waals surface area contributed by atoms with Crippen molar-refractivity contribution in [2.24, 2.45) is 7.05 Å². The van der Waals surface area contributed by atoms with Gasteiger partial charge in [0, 0.05) is 24.5 Å². The van der Waals surface area contributed by atoms with E-state index in [1.807, 2.05) is 30.8 Å². The molecule has 0 aliphatic heterocycles. The van der Waals surface area contributed by atoms with Gasteiger partial charge in [-0.1, -0.05) is 6.07 Å². The van der Waals surface area contributed by atoms with Crippen LogP contribution in [-0.2, 0) is 13.5 Å². The molecule has 2 rings (SSSR count). The molecular formula is C10H12N2OS. The van der Waals surface area contributed by atoms with E-state index < -0.39 is 6.10 Å². The van der Waals surface area contributed by atoms with Crippen LogP contribution in [0.1, 0.15) is 16.5 Å². The molecule has 2 aromatic rings. The highest BCUT2D eigenvalue weighted by Crippen LogP contribution is 2.22. The lowest BCUT2D eigenvalue weighted by molar-refractivity contribution is 0.182. The molecule has 14 heavy (non-hydrogen) atoms. The molecule has 0 radical (unpaired) electrons. The summed E-state index contributed by atoms with van der Waals surface area (Å²) in [5, 5.41) is 15.9. The molecule has 0 aromatic carbocycles. The van der Waals surface area contributed by atoms with E-state index in [0.717, 1.165) is 10.4 Å². The Morgan fingerprint density at radius 2 is 2.50 bits per heavy atom. The Morgan fingerprint density at radius 3 is 3.07 bits per heavy atom. The van der Waals surface area contributed by atoms with Gasteiger partial charge in [-0.25, -0.2) is 0 Å². The lowest BCUT2D eigenvalue weighted by atomic mass is 10.1. The fraction of sp³-hybridized carbons (Fsp3) is 0.300. The summed E-state index contributed by atoms with van der Waals surface area (Å²) in [6, 6.07) is 3.90. The molecule has 4 heteroatoms. The summed E-state index contributed by atoms with van der Waals surface area (Å²) in [6.07, 6.45) is 3.95. The van der Waals surface area contributed by atoms with Crippen molar-refractivity contribution >= 4 is 11.3 Å². The first-order chi connectivity index (χ1) is 6.75. The maximum Gasteiger partial charge on any atom is 0.0923 e. The monoisotopic (exact) mass is 208 g/mol. The highest BCUT2D eigenvalue weighted by molar-refractivity contribution is 7.10. The standard InChI is InChI=1S/C10H12N2OS/c1-12-7-8(6-11-12)5-9(13)10-3-2-4-14-10/h2-4,6-7,9,13H,5H2,1H3. The molecule has 1 atom stereocenters. The summed E-state index contributed by atoms with van der Waals surface area (Å²) < 4.78 is 1.75. The largest absolute Gasteiger partial charge is 0.387 e. The third kappa shape index (κ3) is 2.02. The van der Waals surface area contributed by atoms with E-state index in [9.17, 15) is 5.11 Å².